The van der Waals surface area contributed by atoms with E-state index in [2.05, 4.69) is 0 Å². The van der Waals surface area contributed by atoms with Crippen LogP contribution in [0.4, 0.5) is 0 Å². The van der Waals surface area contributed by atoms with Crippen LogP contribution in [0.5, 0.6) is 0 Å². The molecule has 0 saturated heterocycles. The Morgan fingerprint density at radius 3 is 1.93 bits per heavy atom. The van der Waals surface area contributed by atoms with Crippen molar-refractivity contribution < 1.29 is 19.5 Å². The Kier molecular flexibility index (Phi) is 5.25. The van der Waals surface area contributed by atoms with Gasteiger partial charge < -0.3 is 5.11 Å². The molecule has 0 aliphatic heterocycles. The maximum Gasteiger partial charge on any atom is 0.163 e. The van der Waals surface area contributed by atoms with Gasteiger partial charge >= 0.3 is 0 Å². The predicted octanol–water partition coefficient (Wildman–Crippen LogP) is 4.42. The van der Waals surface area contributed by atoms with Crippen molar-refractivity contribution in [3.8, 4) is 6.07 Å². The Morgan fingerprint density at radius 1 is 0.931 bits per heavy atom. The van der Waals surface area contributed by atoms with Crippen LogP contribution in [-0.2, 0) is 14.4 Å². The minimum absolute atomic E-state index is 0.0361. The van der Waals surface area contributed by atoms with Crippen molar-refractivity contribution in [1.29, 1.82) is 5.26 Å². The zero-order chi connectivity index (χ0) is 21.6. The second-order valence-electron chi connectivity index (χ2n) is 9.94. The number of nitrogens with zero attached hydrogens (tertiary/aromatic N) is 1. The number of hydrogen-bond donors (Lipinski definition) is 1. The highest BCUT2D eigenvalue weighted by Gasteiger charge is 2.48. The molecular weight excluding hydrogens is 366 g/mol. The summed E-state index contributed by atoms with van der Waals surface area (Å²) in [6.07, 6.45) is 1.08. The van der Waals surface area contributed by atoms with Gasteiger partial charge in [-0.25, -0.2) is 0 Å². The Morgan fingerprint density at radius 2 is 1.45 bits per heavy atom. The molecule has 3 rings (SSSR count). The number of benzene rings is 1. The number of allylic oxidation sites excluding steroid dienone is 2. The zero-order valence-electron chi connectivity index (χ0n) is 17.4. The van der Waals surface area contributed by atoms with E-state index in [1.807, 2.05) is 33.8 Å². The van der Waals surface area contributed by atoms with E-state index in [9.17, 15) is 19.5 Å². The lowest BCUT2D eigenvalue weighted by Gasteiger charge is -2.39. The van der Waals surface area contributed by atoms with Crippen molar-refractivity contribution in [2.45, 2.75) is 59.3 Å². The van der Waals surface area contributed by atoms with E-state index in [0.29, 0.717) is 17.5 Å². The fourth-order valence-corrected chi connectivity index (χ4v) is 4.72. The third-order valence-corrected chi connectivity index (χ3v) is 5.94. The summed E-state index contributed by atoms with van der Waals surface area (Å²) in [7, 11) is 0. The van der Waals surface area contributed by atoms with E-state index >= 15 is 0 Å². The second kappa shape index (κ2) is 7.26. The smallest absolute Gasteiger partial charge is 0.163 e. The molecule has 152 valence electrons. The number of hydrogen-bond acceptors (Lipinski definition) is 5. The molecule has 1 saturated carbocycles. The third kappa shape index (κ3) is 4.17. The summed E-state index contributed by atoms with van der Waals surface area (Å²) in [6, 6.07) is 8.62. The standard InChI is InChI=1S/C24H27NO4/c1-23(2)9-16(26)21(17(27)10-23)20(15-7-5-14(13-25)6-8-15)22-18(28)11-24(3,4)12-19(22)29/h5-8,20-21,28H,9-12H2,1-4H3/t20-/m1/s1. The molecule has 0 unspecified atom stereocenters. The lowest BCUT2D eigenvalue weighted by Crippen LogP contribution is -2.43. The third-order valence-electron chi connectivity index (χ3n) is 5.94. The van der Waals surface area contributed by atoms with Gasteiger partial charge in [-0.1, -0.05) is 39.8 Å². The Hall–Kier alpha value is -2.74. The Bertz CT molecular complexity index is 924. The monoisotopic (exact) mass is 393 g/mol. The normalized spacial score (nSPS) is 23.1. The number of nitriles is 1. The topological polar surface area (TPSA) is 95.2 Å². The van der Waals surface area contributed by atoms with E-state index in [1.165, 1.54) is 0 Å². The van der Waals surface area contributed by atoms with E-state index in [-0.39, 0.29) is 53.4 Å². The molecule has 0 spiro atoms. The number of Topliss-reactive ketones (excluding diaryl/α,β-unsaturated/α-hetero) is 3. The molecule has 5 heteroatoms. The summed E-state index contributed by atoms with van der Waals surface area (Å²) >= 11 is 0. The number of carbonyl (C=O) groups is 3. The van der Waals surface area contributed by atoms with Crippen LogP contribution >= 0.6 is 0 Å². The number of aliphatic hydroxyl groups is 1. The molecular formula is C24H27NO4. The molecule has 1 aromatic carbocycles. The predicted molar refractivity (Wildman–Crippen MR) is 108 cm³/mol. The van der Waals surface area contributed by atoms with E-state index in [1.54, 1.807) is 24.3 Å². The Labute approximate surface area is 171 Å². The van der Waals surface area contributed by atoms with E-state index in [4.69, 9.17) is 5.26 Å². The summed E-state index contributed by atoms with van der Waals surface area (Å²) in [5.41, 5.74) is 0.451. The van der Waals surface area contributed by atoms with Gasteiger partial charge in [-0.3, -0.25) is 14.4 Å². The second-order valence-corrected chi connectivity index (χ2v) is 9.94. The molecule has 0 heterocycles. The molecule has 1 fully saturated rings. The average Bonchev–Trinajstić information content (AvgIpc) is 2.57. The van der Waals surface area contributed by atoms with Crippen molar-refractivity contribution in [2.24, 2.45) is 16.7 Å². The molecule has 0 bridgehead atoms. The highest BCUT2D eigenvalue weighted by Crippen LogP contribution is 2.47. The van der Waals surface area contributed by atoms with Gasteiger partial charge in [-0.05, 0) is 28.5 Å². The van der Waals surface area contributed by atoms with Crippen LogP contribution in [0.3, 0.4) is 0 Å². The molecule has 5 nitrogen and oxygen atoms in total. The summed E-state index contributed by atoms with van der Waals surface area (Å²) in [5.74, 6) is -2.46. The lowest BCUT2D eigenvalue weighted by atomic mass is 9.62. The first-order chi connectivity index (χ1) is 13.4. The molecule has 2 aliphatic rings. The SMILES string of the molecule is CC1(C)CC(=O)C([C@H](C2=C(O)CC(C)(C)CC2=O)c2ccc(C#N)cc2)C(=O)C1. The van der Waals surface area contributed by atoms with E-state index in [0.717, 1.165) is 0 Å². The lowest BCUT2D eigenvalue weighted by molar-refractivity contribution is -0.140. The molecule has 0 amide bonds. The number of carbonyl (C=O) groups excluding carboxylic acids is 3. The van der Waals surface area contributed by atoms with Crippen molar-refractivity contribution in [3.05, 3.63) is 46.7 Å². The maximum atomic E-state index is 13.1. The van der Waals surface area contributed by atoms with Gasteiger partial charge in [0.1, 0.15) is 17.3 Å². The van der Waals surface area contributed by atoms with Crippen LogP contribution in [0.2, 0.25) is 0 Å². The van der Waals surface area contributed by atoms with E-state index < -0.39 is 17.3 Å². The summed E-state index contributed by atoms with van der Waals surface area (Å²) in [5, 5.41) is 19.9. The average molecular weight is 393 g/mol. The maximum absolute atomic E-state index is 13.1. The van der Waals surface area contributed by atoms with Gasteiger partial charge in [0, 0.05) is 37.2 Å². The highest BCUT2D eigenvalue weighted by atomic mass is 16.3. The molecule has 1 atom stereocenters. The molecule has 0 aromatic heterocycles. The van der Waals surface area contributed by atoms with Gasteiger partial charge in [-0.2, -0.15) is 5.26 Å². The van der Waals surface area contributed by atoms with Crippen LogP contribution in [0, 0.1) is 28.1 Å². The first-order valence-electron chi connectivity index (χ1n) is 9.95. The van der Waals surface area contributed by atoms with Crippen LogP contribution in [-0.4, -0.2) is 22.5 Å². The quantitative estimate of drug-likeness (QED) is 0.767. The van der Waals surface area contributed by atoms with Crippen molar-refractivity contribution >= 4 is 17.3 Å². The first kappa shape index (κ1) is 21.0. The number of ketones is 3. The van der Waals surface area contributed by atoms with Gasteiger partial charge in [0.2, 0.25) is 0 Å². The summed E-state index contributed by atoms with van der Waals surface area (Å²) < 4.78 is 0. The summed E-state index contributed by atoms with van der Waals surface area (Å²) in [6.45, 7) is 7.60. The van der Waals surface area contributed by atoms with Gasteiger partial charge in [0.15, 0.2) is 5.78 Å². The Balaban J connectivity index is 2.15. The minimum atomic E-state index is -0.988. The minimum Gasteiger partial charge on any atom is -0.512 e. The van der Waals surface area contributed by atoms with Crippen molar-refractivity contribution in [2.75, 3.05) is 0 Å². The molecule has 2 aliphatic carbocycles. The van der Waals surface area contributed by atoms with Crippen LogP contribution in [0.15, 0.2) is 35.6 Å². The van der Waals surface area contributed by atoms with Crippen LogP contribution < -0.4 is 0 Å². The molecule has 1 aromatic rings. The molecule has 29 heavy (non-hydrogen) atoms. The highest BCUT2D eigenvalue weighted by molar-refractivity contribution is 6.09. The zero-order valence-corrected chi connectivity index (χ0v) is 17.4. The van der Waals surface area contributed by atoms with Gasteiger partial charge in [0.05, 0.1) is 17.6 Å². The van der Waals surface area contributed by atoms with Crippen molar-refractivity contribution in [1.82, 2.24) is 0 Å². The van der Waals surface area contributed by atoms with Gasteiger partial charge in [-0.15, -0.1) is 0 Å². The first-order valence-corrected chi connectivity index (χ1v) is 9.95. The fourth-order valence-electron chi connectivity index (χ4n) is 4.72. The summed E-state index contributed by atoms with van der Waals surface area (Å²) in [4.78, 5) is 39.2. The van der Waals surface area contributed by atoms with Gasteiger partial charge in [0.25, 0.3) is 0 Å². The number of rotatable bonds is 3. The van der Waals surface area contributed by atoms with Crippen LogP contribution in [0.1, 0.15) is 70.4 Å². The fraction of sp³-hybridized carbons (Fsp3) is 0.500. The molecule has 0 radical (unpaired) electrons. The van der Waals surface area contributed by atoms with Crippen molar-refractivity contribution in [3.63, 3.8) is 0 Å². The number of aliphatic hydroxyl groups excluding tert-OH is 1. The largest absolute Gasteiger partial charge is 0.512 e. The molecule has 1 N–H and O–H groups in total. The van der Waals surface area contributed by atoms with Crippen LogP contribution in [0.25, 0.3) is 0 Å².